The topological polar surface area (TPSA) is 183 Å². The fourth-order valence-corrected chi connectivity index (χ4v) is 4.93. The van der Waals surface area contributed by atoms with Gasteiger partial charge >= 0.3 is 10.4 Å². The van der Waals surface area contributed by atoms with Gasteiger partial charge in [0.05, 0.1) is 6.61 Å². The number of oxime groups is 1. The highest BCUT2D eigenvalue weighted by Crippen LogP contribution is 2.30. The molecule has 0 spiro atoms. The molecule has 0 bridgehead atoms. The van der Waals surface area contributed by atoms with Crippen molar-refractivity contribution < 1.29 is 46.6 Å². The minimum absolute atomic E-state index is 0.104. The van der Waals surface area contributed by atoms with Crippen LogP contribution >= 0.6 is 11.8 Å². The molecular formula is C17H33NO10S3. The van der Waals surface area contributed by atoms with Crippen LogP contribution in [0.2, 0.25) is 0 Å². The maximum Gasteiger partial charge on any atom is 0.466 e. The van der Waals surface area contributed by atoms with Gasteiger partial charge in [-0.1, -0.05) is 49.0 Å². The average Bonchev–Trinajstić information content (AvgIpc) is 2.69. The molecular weight excluding hydrogens is 474 g/mol. The van der Waals surface area contributed by atoms with Gasteiger partial charge in [0.15, 0.2) is 0 Å². The number of ether oxygens (including phenoxy) is 1. The van der Waals surface area contributed by atoms with Crippen LogP contribution in [0.25, 0.3) is 0 Å². The number of rotatable bonds is 14. The van der Waals surface area contributed by atoms with E-state index in [0.717, 1.165) is 50.3 Å². The van der Waals surface area contributed by atoms with Crippen LogP contribution in [0.4, 0.5) is 0 Å². The average molecular weight is 508 g/mol. The summed E-state index contributed by atoms with van der Waals surface area (Å²) in [6.07, 6.45) is 2.61. The number of nitrogens with zero attached hydrogens (tertiary/aromatic N) is 1. The van der Waals surface area contributed by atoms with Crippen LogP contribution in [-0.2, 0) is 30.2 Å². The van der Waals surface area contributed by atoms with Gasteiger partial charge in [0.25, 0.3) is 0 Å². The van der Waals surface area contributed by atoms with Crippen molar-refractivity contribution in [3.8, 4) is 0 Å². The van der Waals surface area contributed by atoms with Crippen molar-refractivity contribution in [2.75, 3.05) is 18.6 Å². The van der Waals surface area contributed by atoms with E-state index in [1.807, 2.05) is 0 Å². The molecule has 0 aromatic heterocycles. The first-order valence-electron chi connectivity index (χ1n) is 10.0. The lowest BCUT2D eigenvalue weighted by molar-refractivity contribution is -0.205. The van der Waals surface area contributed by atoms with Crippen LogP contribution < -0.4 is 0 Å². The summed E-state index contributed by atoms with van der Waals surface area (Å²) in [5.41, 5.74) is -1.14. The van der Waals surface area contributed by atoms with Crippen molar-refractivity contribution >= 4 is 38.0 Å². The van der Waals surface area contributed by atoms with Crippen LogP contribution in [0, 0.1) is 0 Å². The Morgan fingerprint density at radius 1 is 1.03 bits per heavy atom. The van der Waals surface area contributed by atoms with Crippen molar-refractivity contribution in [2.24, 2.45) is 5.16 Å². The third kappa shape index (κ3) is 11.9. The number of unbranched alkanes of at least 4 members (excludes halogenated alkanes) is 6. The highest BCUT2D eigenvalue weighted by molar-refractivity contribution is 8.14. The fourth-order valence-electron chi connectivity index (χ4n) is 2.98. The van der Waals surface area contributed by atoms with Crippen molar-refractivity contribution in [3.63, 3.8) is 0 Å². The summed E-state index contributed by atoms with van der Waals surface area (Å²) < 4.78 is 50.9. The van der Waals surface area contributed by atoms with Gasteiger partial charge < -0.3 is 25.2 Å². The third-order valence-corrected chi connectivity index (χ3v) is 6.96. The van der Waals surface area contributed by atoms with Crippen molar-refractivity contribution in [3.05, 3.63) is 0 Å². The molecule has 6 atom stereocenters. The second kappa shape index (κ2) is 14.8. The Morgan fingerprint density at radius 3 is 2.16 bits per heavy atom. The molecule has 1 rings (SSSR count). The molecule has 31 heavy (non-hydrogen) atoms. The van der Waals surface area contributed by atoms with E-state index in [1.54, 1.807) is 6.26 Å². The molecule has 0 aromatic carbocycles. The quantitative estimate of drug-likeness (QED) is 0.0709. The Hall–Kier alpha value is -0.320. The van der Waals surface area contributed by atoms with E-state index < -0.39 is 57.7 Å². The summed E-state index contributed by atoms with van der Waals surface area (Å²) >= 11 is 0.783. The molecule has 0 unspecified atom stereocenters. The summed E-state index contributed by atoms with van der Waals surface area (Å²) in [7, 11) is -5.58. The van der Waals surface area contributed by atoms with Gasteiger partial charge in [0.1, 0.15) is 34.9 Å². The fraction of sp³-hybridized carbons (Fsp3) is 0.941. The van der Waals surface area contributed by atoms with Crippen LogP contribution in [-0.4, -0.2) is 91.1 Å². The van der Waals surface area contributed by atoms with Gasteiger partial charge in [0, 0.05) is 22.8 Å². The van der Waals surface area contributed by atoms with Gasteiger partial charge in [-0.3, -0.25) is 8.76 Å². The minimum atomic E-state index is -4.82. The predicted molar refractivity (Wildman–Crippen MR) is 117 cm³/mol. The molecule has 5 N–H and O–H groups in total. The zero-order valence-electron chi connectivity index (χ0n) is 17.4. The van der Waals surface area contributed by atoms with E-state index in [4.69, 9.17) is 9.29 Å². The first-order chi connectivity index (χ1) is 14.5. The molecule has 0 aromatic rings. The van der Waals surface area contributed by atoms with Crippen LogP contribution in [0.5, 0.6) is 0 Å². The van der Waals surface area contributed by atoms with Crippen molar-refractivity contribution in [1.29, 1.82) is 0 Å². The molecule has 184 valence electrons. The summed E-state index contributed by atoms with van der Waals surface area (Å²) in [6.45, 7) is -0.593. The van der Waals surface area contributed by atoms with Gasteiger partial charge in [-0.15, -0.1) is 0 Å². The maximum absolute atomic E-state index is 11.0. The Kier molecular flexibility index (Phi) is 13.7. The van der Waals surface area contributed by atoms with E-state index in [2.05, 4.69) is 9.44 Å². The first kappa shape index (κ1) is 28.7. The van der Waals surface area contributed by atoms with Gasteiger partial charge in [-0.25, -0.2) is 4.28 Å². The molecule has 1 saturated heterocycles. The third-order valence-electron chi connectivity index (χ3n) is 4.66. The summed E-state index contributed by atoms with van der Waals surface area (Å²) in [5, 5.41) is 42.6. The number of hydrogen-bond acceptors (Lipinski definition) is 11. The normalized spacial score (nSPS) is 28.5. The number of thioether (sulfide) groups is 1. The SMILES string of the molecule is C[S@@](=O)CCCCCCCCC/C(=N\OS(=O)(=O)O)S[C@H]1O[C@@H](CO)[C@H](O)[C@@H](O)[C@H]1O. The highest BCUT2D eigenvalue weighted by atomic mass is 32.3. The number of aliphatic hydroxyl groups excluding tert-OH is 4. The highest BCUT2D eigenvalue weighted by Gasteiger charge is 2.44. The molecule has 1 heterocycles. The molecule has 0 radical (unpaired) electrons. The largest absolute Gasteiger partial charge is 0.466 e. The second-order valence-electron chi connectivity index (χ2n) is 7.30. The number of aliphatic hydroxyl groups is 4. The van der Waals surface area contributed by atoms with Crippen LogP contribution in [0.3, 0.4) is 0 Å². The monoisotopic (exact) mass is 507 g/mol. The Balaban J connectivity index is 2.53. The Labute approximate surface area is 189 Å². The predicted octanol–water partition coefficient (Wildman–Crippen LogP) is 0.152. The zero-order chi connectivity index (χ0) is 23.4. The summed E-state index contributed by atoms with van der Waals surface area (Å²) in [4.78, 5) is 0. The second-order valence-corrected chi connectivity index (χ2v) is 11.0. The molecule has 1 aliphatic heterocycles. The standard InChI is InChI=1S/C17H33NO10S3/c1-30(23)10-8-6-4-2-3-5-7-9-13(18-28-31(24,25)26)29-17-16(22)15(21)14(20)12(11-19)27-17/h12,14-17,19-22H,2-11H2,1H3,(H,24,25,26)/b18-13+/t12-,14-,15+,16+,17+,30+/m0/s1. The zero-order valence-corrected chi connectivity index (χ0v) is 19.9. The molecule has 14 heteroatoms. The first-order valence-corrected chi connectivity index (χ1v) is 14.0. The lowest BCUT2D eigenvalue weighted by Crippen LogP contribution is -2.57. The van der Waals surface area contributed by atoms with E-state index in [0.29, 0.717) is 12.2 Å². The van der Waals surface area contributed by atoms with E-state index >= 15 is 0 Å². The van der Waals surface area contributed by atoms with Gasteiger partial charge in [-0.05, 0) is 19.3 Å². The smallest absolute Gasteiger partial charge is 0.394 e. The van der Waals surface area contributed by atoms with Crippen LogP contribution in [0.15, 0.2) is 5.16 Å². The van der Waals surface area contributed by atoms with E-state index in [-0.39, 0.29) is 11.5 Å². The number of hydrogen-bond donors (Lipinski definition) is 5. The van der Waals surface area contributed by atoms with E-state index in [9.17, 15) is 33.1 Å². The Morgan fingerprint density at radius 2 is 1.61 bits per heavy atom. The molecule has 11 nitrogen and oxygen atoms in total. The Bertz CT molecular complexity index is 673. The lowest BCUT2D eigenvalue weighted by Gasteiger charge is -2.39. The van der Waals surface area contributed by atoms with E-state index in [1.165, 1.54) is 0 Å². The summed E-state index contributed by atoms with van der Waals surface area (Å²) in [6, 6.07) is 0. The van der Waals surface area contributed by atoms with Crippen molar-refractivity contribution in [1.82, 2.24) is 0 Å². The molecule has 0 saturated carbocycles. The summed E-state index contributed by atoms with van der Waals surface area (Å²) in [5.74, 6) is 0.711. The van der Waals surface area contributed by atoms with Crippen LogP contribution in [0.1, 0.15) is 51.4 Å². The molecule has 0 aliphatic carbocycles. The van der Waals surface area contributed by atoms with Gasteiger partial charge in [0.2, 0.25) is 0 Å². The molecule has 1 fully saturated rings. The molecule has 0 amide bonds. The minimum Gasteiger partial charge on any atom is -0.394 e. The maximum atomic E-state index is 11.0. The molecule has 1 aliphatic rings. The van der Waals surface area contributed by atoms with Gasteiger partial charge in [-0.2, -0.15) is 8.42 Å². The van der Waals surface area contributed by atoms with Crippen molar-refractivity contribution in [2.45, 2.75) is 81.2 Å². The lowest BCUT2D eigenvalue weighted by atomic mass is 10.0.